The molecule has 2 N–H and O–H groups in total. The van der Waals surface area contributed by atoms with E-state index in [1.807, 2.05) is 19.1 Å². The van der Waals surface area contributed by atoms with Crippen LogP contribution < -0.4 is 10.5 Å². The maximum Gasteiger partial charge on any atom is 0.226 e. The molecule has 0 saturated carbocycles. The molecule has 102 valence electrons. The van der Waals surface area contributed by atoms with E-state index in [2.05, 4.69) is 23.1 Å². The quantitative estimate of drug-likeness (QED) is 0.862. The lowest BCUT2D eigenvalue weighted by Crippen LogP contribution is -2.01. The first-order valence-electron chi connectivity index (χ1n) is 6.40. The molecular formula is C14H19N3O2. The van der Waals surface area contributed by atoms with Gasteiger partial charge in [-0.15, -0.1) is 0 Å². The standard InChI is InChI=1S/C14H19N3O2/c1-10-5-6-12(11(2)8-10)18-9-13-16-14(19-17-13)4-3-7-15/h5-6,8H,3-4,7,9,15H2,1-2H3. The van der Waals surface area contributed by atoms with Gasteiger partial charge in [0.25, 0.3) is 0 Å². The van der Waals surface area contributed by atoms with Gasteiger partial charge in [0.2, 0.25) is 11.7 Å². The summed E-state index contributed by atoms with van der Waals surface area (Å²) in [6, 6.07) is 6.06. The smallest absolute Gasteiger partial charge is 0.226 e. The van der Waals surface area contributed by atoms with Gasteiger partial charge in [-0.2, -0.15) is 4.98 Å². The lowest BCUT2D eigenvalue weighted by atomic mass is 10.1. The first-order chi connectivity index (χ1) is 9.19. The van der Waals surface area contributed by atoms with Crippen LogP contribution in [0.1, 0.15) is 29.3 Å². The minimum Gasteiger partial charge on any atom is -0.485 e. The van der Waals surface area contributed by atoms with Crippen molar-refractivity contribution in [1.82, 2.24) is 10.1 Å². The molecule has 0 atom stereocenters. The maximum atomic E-state index is 5.69. The Morgan fingerprint density at radius 3 is 2.89 bits per heavy atom. The van der Waals surface area contributed by atoms with Gasteiger partial charge in [0.1, 0.15) is 5.75 Å². The van der Waals surface area contributed by atoms with Crippen LogP contribution in [0.2, 0.25) is 0 Å². The van der Waals surface area contributed by atoms with Gasteiger partial charge in [-0.25, -0.2) is 0 Å². The van der Waals surface area contributed by atoms with Crippen LogP contribution in [0.3, 0.4) is 0 Å². The molecule has 0 saturated heterocycles. The molecule has 2 aromatic rings. The minimum atomic E-state index is 0.316. The van der Waals surface area contributed by atoms with E-state index < -0.39 is 0 Å². The summed E-state index contributed by atoms with van der Waals surface area (Å²) < 4.78 is 10.8. The summed E-state index contributed by atoms with van der Waals surface area (Å²) in [5.74, 6) is 2.02. The highest BCUT2D eigenvalue weighted by Crippen LogP contribution is 2.19. The predicted octanol–water partition coefficient (Wildman–Crippen LogP) is 2.16. The largest absolute Gasteiger partial charge is 0.485 e. The molecule has 0 amide bonds. The molecular weight excluding hydrogens is 242 g/mol. The summed E-state index contributed by atoms with van der Waals surface area (Å²) in [4.78, 5) is 4.25. The molecule has 5 heteroatoms. The molecule has 0 aliphatic rings. The normalized spacial score (nSPS) is 10.7. The van der Waals surface area contributed by atoms with Crippen molar-refractivity contribution in [1.29, 1.82) is 0 Å². The Balaban J connectivity index is 1.92. The van der Waals surface area contributed by atoms with Gasteiger partial charge in [0, 0.05) is 6.42 Å². The van der Waals surface area contributed by atoms with Crippen LogP contribution in [0.15, 0.2) is 22.7 Å². The van der Waals surface area contributed by atoms with Crippen molar-refractivity contribution in [2.45, 2.75) is 33.3 Å². The van der Waals surface area contributed by atoms with E-state index in [0.717, 1.165) is 17.7 Å². The highest BCUT2D eigenvalue weighted by atomic mass is 16.5. The minimum absolute atomic E-state index is 0.316. The zero-order chi connectivity index (χ0) is 13.7. The first kappa shape index (κ1) is 13.5. The fraction of sp³-hybridized carbons (Fsp3) is 0.429. The monoisotopic (exact) mass is 261 g/mol. The zero-order valence-electron chi connectivity index (χ0n) is 11.3. The Morgan fingerprint density at radius 1 is 1.32 bits per heavy atom. The third-order valence-electron chi connectivity index (χ3n) is 2.79. The molecule has 0 radical (unpaired) electrons. The van der Waals surface area contributed by atoms with E-state index in [0.29, 0.717) is 31.3 Å². The average molecular weight is 261 g/mol. The number of aromatic nitrogens is 2. The maximum absolute atomic E-state index is 5.69. The number of benzene rings is 1. The Hall–Kier alpha value is -1.88. The van der Waals surface area contributed by atoms with Crippen molar-refractivity contribution in [3.05, 3.63) is 41.0 Å². The van der Waals surface area contributed by atoms with E-state index in [4.69, 9.17) is 15.0 Å². The summed E-state index contributed by atoms with van der Waals surface area (Å²) in [5.41, 5.74) is 7.75. The van der Waals surface area contributed by atoms with Crippen LogP contribution in [0.5, 0.6) is 5.75 Å². The lowest BCUT2D eigenvalue weighted by molar-refractivity contribution is 0.283. The van der Waals surface area contributed by atoms with Gasteiger partial charge < -0.3 is 15.0 Å². The van der Waals surface area contributed by atoms with Crippen molar-refractivity contribution in [2.24, 2.45) is 5.73 Å². The number of ether oxygens (including phenoxy) is 1. The fourth-order valence-corrected chi connectivity index (χ4v) is 1.81. The third kappa shape index (κ3) is 3.79. The second-order valence-electron chi connectivity index (χ2n) is 4.55. The van der Waals surface area contributed by atoms with Crippen LogP contribution in [-0.4, -0.2) is 16.7 Å². The van der Waals surface area contributed by atoms with Gasteiger partial charge in [-0.3, -0.25) is 0 Å². The number of hydrogen-bond donors (Lipinski definition) is 1. The molecule has 0 spiro atoms. The van der Waals surface area contributed by atoms with Crippen LogP contribution in [0, 0.1) is 13.8 Å². The predicted molar refractivity (Wildman–Crippen MR) is 71.9 cm³/mol. The molecule has 1 heterocycles. The third-order valence-corrected chi connectivity index (χ3v) is 2.79. The molecule has 0 aliphatic heterocycles. The average Bonchev–Trinajstić information content (AvgIpc) is 2.83. The number of rotatable bonds is 6. The Kier molecular flexibility index (Phi) is 4.52. The summed E-state index contributed by atoms with van der Waals surface area (Å²) in [7, 11) is 0. The summed E-state index contributed by atoms with van der Waals surface area (Å²) >= 11 is 0. The van der Waals surface area contributed by atoms with Gasteiger partial charge in [-0.05, 0) is 38.4 Å². The molecule has 19 heavy (non-hydrogen) atoms. The number of aryl methyl sites for hydroxylation is 3. The van der Waals surface area contributed by atoms with Crippen LogP contribution >= 0.6 is 0 Å². The zero-order valence-corrected chi connectivity index (χ0v) is 11.3. The molecule has 0 fully saturated rings. The molecule has 0 bridgehead atoms. The van der Waals surface area contributed by atoms with Crippen LogP contribution in [0.25, 0.3) is 0 Å². The SMILES string of the molecule is Cc1ccc(OCc2noc(CCCN)n2)c(C)c1. The van der Waals surface area contributed by atoms with E-state index >= 15 is 0 Å². The number of nitrogens with two attached hydrogens (primary N) is 1. The Morgan fingerprint density at radius 2 is 2.16 bits per heavy atom. The van der Waals surface area contributed by atoms with Gasteiger partial charge in [0.05, 0.1) is 0 Å². The van der Waals surface area contributed by atoms with Crippen molar-refractivity contribution < 1.29 is 9.26 Å². The van der Waals surface area contributed by atoms with Crippen molar-refractivity contribution >= 4 is 0 Å². The van der Waals surface area contributed by atoms with Gasteiger partial charge in [-0.1, -0.05) is 22.9 Å². The topological polar surface area (TPSA) is 74.2 Å². The van der Waals surface area contributed by atoms with E-state index in [9.17, 15) is 0 Å². The van der Waals surface area contributed by atoms with Crippen molar-refractivity contribution in [2.75, 3.05) is 6.54 Å². The molecule has 0 aliphatic carbocycles. The Labute approximate surface area is 112 Å². The number of nitrogens with zero attached hydrogens (tertiary/aromatic N) is 2. The van der Waals surface area contributed by atoms with Crippen molar-refractivity contribution in [3.8, 4) is 5.75 Å². The second kappa shape index (κ2) is 6.33. The molecule has 2 rings (SSSR count). The van der Waals surface area contributed by atoms with Crippen LogP contribution in [-0.2, 0) is 13.0 Å². The van der Waals surface area contributed by atoms with Crippen molar-refractivity contribution in [3.63, 3.8) is 0 Å². The van der Waals surface area contributed by atoms with E-state index in [1.165, 1.54) is 5.56 Å². The highest BCUT2D eigenvalue weighted by molar-refractivity contribution is 5.35. The van der Waals surface area contributed by atoms with Crippen LogP contribution in [0.4, 0.5) is 0 Å². The fourth-order valence-electron chi connectivity index (χ4n) is 1.81. The second-order valence-corrected chi connectivity index (χ2v) is 4.55. The van der Waals surface area contributed by atoms with E-state index in [1.54, 1.807) is 0 Å². The van der Waals surface area contributed by atoms with Gasteiger partial charge in [0.15, 0.2) is 6.61 Å². The molecule has 1 aromatic heterocycles. The number of hydrogen-bond acceptors (Lipinski definition) is 5. The summed E-state index contributed by atoms with van der Waals surface area (Å²) in [5, 5.41) is 3.88. The summed E-state index contributed by atoms with van der Waals surface area (Å²) in [6.07, 6.45) is 1.56. The highest BCUT2D eigenvalue weighted by Gasteiger charge is 2.07. The van der Waals surface area contributed by atoms with Gasteiger partial charge >= 0.3 is 0 Å². The van der Waals surface area contributed by atoms with E-state index in [-0.39, 0.29) is 0 Å². The first-order valence-corrected chi connectivity index (χ1v) is 6.40. The summed E-state index contributed by atoms with van der Waals surface area (Å²) in [6.45, 7) is 5.01. The molecule has 5 nitrogen and oxygen atoms in total. The lowest BCUT2D eigenvalue weighted by Gasteiger charge is -2.07. The molecule has 0 unspecified atom stereocenters. The Bertz CT molecular complexity index is 537. The molecule has 1 aromatic carbocycles.